The van der Waals surface area contributed by atoms with Gasteiger partial charge in [0.25, 0.3) is 5.91 Å². The number of carbonyl (C=O) groups is 2. The van der Waals surface area contributed by atoms with Crippen molar-refractivity contribution in [2.24, 2.45) is 0 Å². The first kappa shape index (κ1) is 16.7. The van der Waals surface area contributed by atoms with Gasteiger partial charge in [-0.1, -0.05) is 49.7 Å². The Balaban J connectivity index is 3.26. The molecule has 1 aromatic carbocycles. The lowest BCUT2D eigenvalue weighted by Gasteiger charge is -2.23. The van der Waals surface area contributed by atoms with Crippen LogP contribution in [0, 0.1) is 0 Å². The number of nitrogens with one attached hydrogen (secondary N) is 1. The van der Waals surface area contributed by atoms with Gasteiger partial charge in [0.05, 0.1) is 5.69 Å². The van der Waals surface area contributed by atoms with E-state index in [-0.39, 0.29) is 23.3 Å². The molecule has 0 unspecified atom stereocenters. The zero-order valence-corrected chi connectivity index (χ0v) is 13.8. The normalized spacial score (nSPS) is 11.2. The molecular weight excluding hydrogens is 322 g/mol. The molecule has 0 aliphatic carbocycles. The van der Waals surface area contributed by atoms with Crippen LogP contribution in [-0.2, 0) is 20.3 Å². The van der Waals surface area contributed by atoms with Gasteiger partial charge in [-0.05, 0) is 17.0 Å². The van der Waals surface area contributed by atoms with Crippen molar-refractivity contribution in [2.75, 3.05) is 5.32 Å². The molecule has 0 saturated carbocycles. The summed E-state index contributed by atoms with van der Waals surface area (Å²) in [5, 5.41) is 13.4. The van der Waals surface area contributed by atoms with E-state index >= 15 is 0 Å². The van der Waals surface area contributed by atoms with Crippen LogP contribution in [-0.4, -0.2) is 16.8 Å². The van der Waals surface area contributed by atoms with Crippen LogP contribution in [0.25, 0.3) is 0 Å². The second-order valence-electron chi connectivity index (χ2n) is 5.65. The summed E-state index contributed by atoms with van der Waals surface area (Å²) in [6.45, 7) is 7.55. The van der Waals surface area contributed by atoms with Crippen molar-refractivity contribution in [3.05, 3.63) is 23.3 Å². The summed E-state index contributed by atoms with van der Waals surface area (Å²) in [6, 6.07) is 3.56. The van der Waals surface area contributed by atoms with Crippen molar-refractivity contribution in [3.8, 4) is 5.75 Å². The molecule has 110 valence electrons. The number of aromatic hydroxyl groups is 1. The summed E-state index contributed by atoms with van der Waals surface area (Å²) in [5.41, 5.74) is 1.66. The standard InChI is InChI=1S/C15H20BrNO3/c1-5-12(18)14(20)17-11-7-9(8-16)6-10(13(11)19)15(2,3)4/h6-7,19H,5,8H2,1-4H3,(H,17,20). The molecule has 0 atom stereocenters. The third kappa shape index (κ3) is 3.82. The molecule has 2 N–H and O–H groups in total. The lowest BCUT2D eigenvalue weighted by Crippen LogP contribution is -2.22. The Bertz CT molecular complexity index is 533. The molecule has 1 amide bonds. The highest BCUT2D eigenvalue weighted by Gasteiger charge is 2.23. The summed E-state index contributed by atoms with van der Waals surface area (Å²) in [5.74, 6) is -1.19. The van der Waals surface area contributed by atoms with E-state index in [1.807, 2.05) is 26.8 Å². The Hall–Kier alpha value is -1.36. The SMILES string of the molecule is CCC(=O)C(=O)Nc1cc(CBr)cc(C(C)(C)C)c1O. The number of phenolic OH excluding ortho intramolecular Hbond substituents is 1. The molecule has 0 heterocycles. The second kappa shape index (κ2) is 6.39. The molecule has 0 radical (unpaired) electrons. The van der Waals surface area contributed by atoms with Crippen molar-refractivity contribution in [1.82, 2.24) is 0 Å². The first-order valence-electron chi connectivity index (χ1n) is 6.47. The Morgan fingerprint density at radius 3 is 2.35 bits per heavy atom. The van der Waals surface area contributed by atoms with Crippen molar-refractivity contribution >= 4 is 33.3 Å². The van der Waals surface area contributed by atoms with Crippen LogP contribution < -0.4 is 5.32 Å². The number of halogens is 1. The number of amides is 1. The lowest BCUT2D eigenvalue weighted by molar-refractivity contribution is -0.134. The van der Waals surface area contributed by atoms with Crippen LogP contribution in [0.4, 0.5) is 5.69 Å². The topological polar surface area (TPSA) is 66.4 Å². The number of rotatable bonds is 4. The third-order valence-corrected chi connectivity index (χ3v) is 3.60. The molecule has 0 aromatic heterocycles. The second-order valence-corrected chi connectivity index (χ2v) is 6.21. The van der Waals surface area contributed by atoms with Gasteiger partial charge in [0, 0.05) is 17.3 Å². The van der Waals surface area contributed by atoms with Gasteiger partial charge in [0.1, 0.15) is 5.75 Å². The summed E-state index contributed by atoms with van der Waals surface area (Å²) in [6.07, 6.45) is 0.136. The smallest absolute Gasteiger partial charge is 0.291 e. The fraction of sp³-hybridized carbons (Fsp3) is 0.467. The largest absolute Gasteiger partial charge is 0.505 e. The Kier molecular flexibility index (Phi) is 5.34. The van der Waals surface area contributed by atoms with Crippen LogP contribution in [0.5, 0.6) is 5.75 Å². The molecule has 1 aromatic rings. The molecule has 0 bridgehead atoms. The van der Waals surface area contributed by atoms with Gasteiger partial charge in [-0.25, -0.2) is 0 Å². The maximum Gasteiger partial charge on any atom is 0.291 e. The van der Waals surface area contributed by atoms with Gasteiger partial charge in [-0.3, -0.25) is 9.59 Å². The summed E-state index contributed by atoms with van der Waals surface area (Å²) >= 11 is 3.36. The number of benzene rings is 1. The van der Waals surface area contributed by atoms with E-state index in [2.05, 4.69) is 21.2 Å². The van der Waals surface area contributed by atoms with Crippen LogP contribution in [0.3, 0.4) is 0 Å². The molecule has 4 nitrogen and oxygen atoms in total. The summed E-state index contributed by atoms with van der Waals surface area (Å²) in [7, 11) is 0. The fourth-order valence-electron chi connectivity index (χ4n) is 1.79. The number of anilines is 1. The monoisotopic (exact) mass is 341 g/mol. The molecule has 20 heavy (non-hydrogen) atoms. The minimum Gasteiger partial charge on any atom is -0.505 e. The molecule has 0 spiro atoms. The molecule has 5 heteroatoms. The Labute approximate surface area is 127 Å². The fourth-order valence-corrected chi connectivity index (χ4v) is 2.11. The van der Waals surface area contributed by atoms with Crippen molar-refractivity contribution in [3.63, 3.8) is 0 Å². The first-order chi connectivity index (χ1) is 9.20. The van der Waals surface area contributed by atoms with E-state index in [4.69, 9.17) is 0 Å². The summed E-state index contributed by atoms with van der Waals surface area (Å²) in [4.78, 5) is 23.0. The summed E-state index contributed by atoms with van der Waals surface area (Å²) < 4.78 is 0. The van der Waals surface area contributed by atoms with Gasteiger partial charge >= 0.3 is 0 Å². The van der Waals surface area contributed by atoms with Gasteiger partial charge in [0.2, 0.25) is 5.78 Å². The van der Waals surface area contributed by atoms with Crippen LogP contribution in [0.15, 0.2) is 12.1 Å². The maximum atomic E-state index is 11.7. The van der Waals surface area contributed by atoms with Crippen molar-refractivity contribution in [2.45, 2.75) is 44.9 Å². The number of phenols is 1. The van der Waals surface area contributed by atoms with Gasteiger partial charge in [-0.2, -0.15) is 0 Å². The van der Waals surface area contributed by atoms with Crippen LogP contribution >= 0.6 is 15.9 Å². The average Bonchev–Trinajstić information content (AvgIpc) is 2.38. The quantitative estimate of drug-likeness (QED) is 0.500. The predicted molar refractivity (Wildman–Crippen MR) is 83.4 cm³/mol. The third-order valence-electron chi connectivity index (χ3n) is 2.95. The van der Waals surface area contributed by atoms with E-state index in [1.54, 1.807) is 13.0 Å². The molecule has 0 aliphatic heterocycles. The maximum absolute atomic E-state index is 11.7. The van der Waals surface area contributed by atoms with Gasteiger partial charge < -0.3 is 10.4 Å². The van der Waals surface area contributed by atoms with Crippen LogP contribution in [0.2, 0.25) is 0 Å². The predicted octanol–water partition coefficient (Wildman–Crippen LogP) is 3.50. The Morgan fingerprint density at radius 1 is 1.30 bits per heavy atom. The molecule has 0 aliphatic rings. The van der Waals surface area contributed by atoms with E-state index in [0.29, 0.717) is 5.33 Å². The minimum absolute atomic E-state index is 0.0134. The molecular formula is C15H20BrNO3. The number of Topliss-reactive ketones (excluding diaryl/α,β-unsaturated/α-hetero) is 1. The highest BCUT2D eigenvalue weighted by atomic mass is 79.9. The average molecular weight is 342 g/mol. The molecule has 0 fully saturated rings. The van der Waals surface area contributed by atoms with Gasteiger partial charge in [-0.15, -0.1) is 0 Å². The first-order valence-corrected chi connectivity index (χ1v) is 7.59. The van der Waals surface area contributed by atoms with E-state index in [9.17, 15) is 14.7 Å². The molecule has 1 rings (SSSR count). The zero-order valence-electron chi connectivity index (χ0n) is 12.2. The highest BCUT2D eigenvalue weighted by molar-refractivity contribution is 9.08. The number of hydrogen-bond donors (Lipinski definition) is 2. The minimum atomic E-state index is -0.700. The number of hydrogen-bond acceptors (Lipinski definition) is 3. The molecule has 0 saturated heterocycles. The number of ketones is 1. The van der Waals surface area contributed by atoms with Crippen molar-refractivity contribution in [1.29, 1.82) is 0 Å². The number of carbonyl (C=O) groups excluding carboxylic acids is 2. The van der Waals surface area contributed by atoms with E-state index in [0.717, 1.165) is 11.1 Å². The van der Waals surface area contributed by atoms with E-state index < -0.39 is 11.7 Å². The van der Waals surface area contributed by atoms with Crippen LogP contribution in [0.1, 0.15) is 45.2 Å². The van der Waals surface area contributed by atoms with Crippen molar-refractivity contribution < 1.29 is 14.7 Å². The Morgan fingerprint density at radius 2 is 1.90 bits per heavy atom. The van der Waals surface area contributed by atoms with E-state index in [1.165, 1.54) is 0 Å². The highest BCUT2D eigenvalue weighted by Crippen LogP contribution is 2.37. The van der Waals surface area contributed by atoms with Gasteiger partial charge in [0.15, 0.2) is 0 Å². The lowest BCUT2D eigenvalue weighted by atomic mass is 9.85. The zero-order chi connectivity index (χ0) is 15.5. The number of alkyl halides is 1.